The number of urea groups is 1. The van der Waals surface area contributed by atoms with Crippen LogP contribution in [-0.2, 0) is 0 Å². The Labute approximate surface area is 131 Å². The van der Waals surface area contributed by atoms with E-state index in [0.717, 1.165) is 37.0 Å². The molecule has 5 nitrogen and oxygen atoms in total. The van der Waals surface area contributed by atoms with Crippen LogP contribution in [0.2, 0.25) is 0 Å². The first-order valence-corrected chi connectivity index (χ1v) is 8.10. The highest BCUT2D eigenvalue weighted by Crippen LogP contribution is 2.34. The van der Waals surface area contributed by atoms with E-state index in [1.165, 1.54) is 5.56 Å². The van der Waals surface area contributed by atoms with Crippen molar-refractivity contribution in [3.05, 3.63) is 29.3 Å². The number of nitrogens with zero attached hydrogens (tertiary/aromatic N) is 1. The molecule has 2 N–H and O–H groups in total. The van der Waals surface area contributed by atoms with Gasteiger partial charge in [0, 0.05) is 24.8 Å². The summed E-state index contributed by atoms with van der Waals surface area (Å²) in [6, 6.07) is 6.37. The maximum absolute atomic E-state index is 12.6. The third-order valence-electron chi connectivity index (χ3n) is 4.30. The molecule has 1 atom stereocenters. The highest BCUT2D eigenvalue weighted by atomic mass is 16.5. The molecule has 1 unspecified atom stereocenters. The number of fused-ring (bicyclic) bond motifs is 1. The highest BCUT2D eigenvalue weighted by molar-refractivity contribution is 5.75. The van der Waals surface area contributed by atoms with E-state index in [1.807, 2.05) is 24.0 Å². The Kier molecular flexibility index (Phi) is 4.52. The van der Waals surface area contributed by atoms with Gasteiger partial charge in [-0.15, -0.1) is 0 Å². The topological polar surface area (TPSA) is 61.8 Å². The molecule has 1 aromatic carbocycles. The fourth-order valence-electron chi connectivity index (χ4n) is 2.92. The van der Waals surface area contributed by atoms with Crippen LogP contribution in [0, 0.1) is 6.92 Å². The minimum absolute atomic E-state index is 0.0107. The number of aryl methyl sites for hydroxylation is 1. The fraction of sp³-hybridized carbons (Fsp3) is 0.588. The molecule has 1 saturated carbocycles. The van der Waals surface area contributed by atoms with Gasteiger partial charge in [0.2, 0.25) is 0 Å². The second-order valence-corrected chi connectivity index (χ2v) is 6.21. The molecular formula is C17H24N2O3. The number of aliphatic hydroxyl groups excluding tert-OH is 1. The van der Waals surface area contributed by atoms with Gasteiger partial charge in [-0.05, 0) is 38.7 Å². The zero-order chi connectivity index (χ0) is 15.5. The predicted molar refractivity (Wildman–Crippen MR) is 84.0 cm³/mol. The van der Waals surface area contributed by atoms with E-state index >= 15 is 0 Å². The summed E-state index contributed by atoms with van der Waals surface area (Å²) in [6.07, 6.45) is 3.76. The van der Waals surface area contributed by atoms with Gasteiger partial charge in [0.05, 0.1) is 6.04 Å². The number of ether oxygens (including phenoxy) is 1. The molecule has 5 heteroatoms. The molecule has 2 amide bonds. The first kappa shape index (κ1) is 15.2. The lowest BCUT2D eigenvalue weighted by Crippen LogP contribution is -2.43. The fourth-order valence-corrected chi connectivity index (χ4v) is 2.92. The van der Waals surface area contributed by atoms with Crippen LogP contribution in [0.25, 0.3) is 0 Å². The zero-order valence-electron chi connectivity index (χ0n) is 13.0. The Bertz CT molecular complexity index is 543. The largest absolute Gasteiger partial charge is 0.491 e. The second kappa shape index (κ2) is 6.57. The van der Waals surface area contributed by atoms with Crippen molar-refractivity contribution in [1.29, 1.82) is 0 Å². The van der Waals surface area contributed by atoms with Crippen LogP contribution in [0.15, 0.2) is 18.2 Å². The molecule has 120 valence electrons. The van der Waals surface area contributed by atoms with Crippen LogP contribution in [-0.4, -0.2) is 41.8 Å². The lowest BCUT2D eigenvalue weighted by Gasteiger charge is -2.24. The van der Waals surface area contributed by atoms with Gasteiger partial charge in [-0.25, -0.2) is 4.79 Å². The molecule has 0 bridgehead atoms. The summed E-state index contributed by atoms with van der Waals surface area (Å²) in [6.45, 7) is 3.44. The van der Waals surface area contributed by atoms with Crippen LogP contribution in [0.4, 0.5) is 4.79 Å². The van der Waals surface area contributed by atoms with E-state index in [2.05, 4.69) is 11.4 Å². The zero-order valence-corrected chi connectivity index (χ0v) is 13.0. The van der Waals surface area contributed by atoms with Crippen molar-refractivity contribution in [3.8, 4) is 5.75 Å². The van der Waals surface area contributed by atoms with E-state index < -0.39 is 0 Å². The Hall–Kier alpha value is -1.75. The molecule has 1 heterocycles. The SMILES string of the molecule is Cc1ccc2c(c1)C(NC(=O)N(CCCCO)C1CC1)CO2. The molecule has 0 aromatic heterocycles. The number of nitrogens with one attached hydrogen (secondary N) is 1. The van der Waals surface area contributed by atoms with Crippen molar-refractivity contribution in [2.45, 2.75) is 44.7 Å². The lowest BCUT2D eigenvalue weighted by molar-refractivity contribution is 0.183. The van der Waals surface area contributed by atoms with Gasteiger partial charge in [0.25, 0.3) is 0 Å². The minimum Gasteiger partial charge on any atom is -0.491 e. The van der Waals surface area contributed by atoms with E-state index in [4.69, 9.17) is 9.84 Å². The third-order valence-corrected chi connectivity index (χ3v) is 4.30. The van der Waals surface area contributed by atoms with E-state index in [0.29, 0.717) is 19.2 Å². The summed E-state index contributed by atoms with van der Waals surface area (Å²) >= 11 is 0. The molecule has 2 aliphatic rings. The second-order valence-electron chi connectivity index (χ2n) is 6.21. The number of amides is 2. The third kappa shape index (κ3) is 3.35. The Balaban J connectivity index is 1.63. The van der Waals surface area contributed by atoms with E-state index in [-0.39, 0.29) is 18.7 Å². The van der Waals surface area contributed by atoms with Crippen LogP contribution >= 0.6 is 0 Å². The summed E-state index contributed by atoms with van der Waals surface area (Å²) in [4.78, 5) is 14.5. The number of unbranched alkanes of at least 4 members (excludes halogenated alkanes) is 1. The van der Waals surface area contributed by atoms with Gasteiger partial charge >= 0.3 is 6.03 Å². The summed E-state index contributed by atoms with van der Waals surface area (Å²) in [5.41, 5.74) is 2.24. The maximum Gasteiger partial charge on any atom is 0.318 e. The normalized spacial score (nSPS) is 19.5. The number of carbonyl (C=O) groups is 1. The predicted octanol–water partition coefficient (Wildman–Crippen LogP) is 2.38. The molecule has 0 radical (unpaired) electrons. The van der Waals surface area contributed by atoms with Gasteiger partial charge in [0.15, 0.2) is 0 Å². The molecular weight excluding hydrogens is 280 g/mol. The van der Waals surface area contributed by atoms with E-state index in [1.54, 1.807) is 0 Å². The summed E-state index contributed by atoms with van der Waals surface area (Å²) < 4.78 is 5.66. The summed E-state index contributed by atoms with van der Waals surface area (Å²) in [7, 11) is 0. The molecule has 1 aliphatic carbocycles. The van der Waals surface area contributed by atoms with Crippen LogP contribution < -0.4 is 10.1 Å². The average molecular weight is 304 g/mol. The van der Waals surface area contributed by atoms with Gasteiger partial charge in [-0.3, -0.25) is 0 Å². The van der Waals surface area contributed by atoms with Gasteiger partial charge in [-0.1, -0.05) is 17.7 Å². The van der Waals surface area contributed by atoms with E-state index in [9.17, 15) is 4.79 Å². The Morgan fingerprint density at radius 1 is 1.41 bits per heavy atom. The van der Waals surface area contributed by atoms with Crippen molar-refractivity contribution in [2.75, 3.05) is 19.8 Å². The van der Waals surface area contributed by atoms with Crippen LogP contribution in [0.1, 0.15) is 42.9 Å². The smallest absolute Gasteiger partial charge is 0.318 e. The highest BCUT2D eigenvalue weighted by Gasteiger charge is 2.34. The number of rotatable bonds is 6. The number of benzene rings is 1. The summed E-state index contributed by atoms with van der Waals surface area (Å²) in [5.74, 6) is 0.870. The van der Waals surface area contributed by atoms with Crippen molar-refractivity contribution >= 4 is 6.03 Å². The van der Waals surface area contributed by atoms with Gasteiger partial charge in [0.1, 0.15) is 12.4 Å². The number of hydrogen-bond donors (Lipinski definition) is 2. The van der Waals surface area contributed by atoms with Crippen molar-refractivity contribution in [2.24, 2.45) is 0 Å². The standard InChI is InChI=1S/C17H24N2O3/c1-12-4-7-16-14(10-12)15(11-22-16)18-17(21)19(13-5-6-13)8-2-3-9-20/h4,7,10,13,15,20H,2-3,5-6,8-9,11H2,1H3,(H,18,21). The molecule has 1 fully saturated rings. The maximum atomic E-state index is 12.6. The molecule has 22 heavy (non-hydrogen) atoms. The first-order chi connectivity index (χ1) is 10.7. The van der Waals surface area contributed by atoms with Gasteiger partial charge in [-0.2, -0.15) is 0 Å². The number of hydrogen-bond acceptors (Lipinski definition) is 3. The minimum atomic E-state index is -0.0681. The number of carbonyl (C=O) groups excluding carboxylic acids is 1. The van der Waals surface area contributed by atoms with Crippen LogP contribution in [0.3, 0.4) is 0 Å². The monoisotopic (exact) mass is 304 g/mol. The molecule has 0 spiro atoms. The molecule has 1 aliphatic heterocycles. The van der Waals surface area contributed by atoms with Crippen molar-refractivity contribution in [1.82, 2.24) is 10.2 Å². The average Bonchev–Trinajstić information content (AvgIpc) is 3.27. The quantitative estimate of drug-likeness (QED) is 0.793. The van der Waals surface area contributed by atoms with Gasteiger partial charge < -0.3 is 20.1 Å². The molecule has 3 rings (SSSR count). The Morgan fingerprint density at radius 3 is 2.95 bits per heavy atom. The number of aliphatic hydroxyl groups is 1. The molecule has 0 saturated heterocycles. The van der Waals surface area contributed by atoms with Crippen molar-refractivity contribution < 1.29 is 14.6 Å². The summed E-state index contributed by atoms with van der Waals surface area (Å²) in [5, 5.41) is 12.0. The molecule has 1 aromatic rings. The lowest BCUT2D eigenvalue weighted by atomic mass is 10.1. The van der Waals surface area contributed by atoms with Crippen LogP contribution in [0.5, 0.6) is 5.75 Å². The first-order valence-electron chi connectivity index (χ1n) is 8.10. The van der Waals surface area contributed by atoms with Crippen molar-refractivity contribution in [3.63, 3.8) is 0 Å². The Morgan fingerprint density at radius 2 is 2.23 bits per heavy atom.